The van der Waals surface area contributed by atoms with Crippen molar-refractivity contribution in [1.29, 1.82) is 0 Å². The van der Waals surface area contributed by atoms with Gasteiger partial charge in [-0.15, -0.1) is 0 Å². The quantitative estimate of drug-likeness (QED) is 0.453. The summed E-state index contributed by atoms with van der Waals surface area (Å²) < 4.78 is 4.75. The van der Waals surface area contributed by atoms with Crippen LogP contribution in [0.1, 0.15) is 43.0 Å². The van der Waals surface area contributed by atoms with Crippen LogP contribution < -0.4 is 0 Å². The molecule has 7 heteroatoms. The van der Waals surface area contributed by atoms with Gasteiger partial charge in [-0.05, 0) is 18.9 Å². The molecule has 0 aliphatic heterocycles. The Morgan fingerprint density at radius 2 is 2.04 bits per heavy atom. The Kier molecular flexibility index (Phi) is 5.89. The summed E-state index contributed by atoms with van der Waals surface area (Å²) in [5.74, 6) is -1.09. The molecule has 0 radical (unpaired) electrons. The maximum absolute atomic E-state index is 12.9. The lowest BCUT2D eigenvalue weighted by Crippen LogP contribution is -2.43. The van der Waals surface area contributed by atoms with E-state index in [9.17, 15) is 19.7 Å². The highest BCUT2D eigenvalue weighted by Gasteiger charge is 2.31. The molecule has 1 amide bonds. The van der Waals surface area contributed by atoms with Crippen molar-refractivity contribution in [3.05, 3.63) is 39.9 Å². The van der Waals surface area contributed by atoms with E-state index in [1.807, 2.05) is 0 Å². The third-order valence-corrected chi connectivity index (χ3v) is 4.40. The van der Waals surface area contributed by atoms with E-state index in [-0.39, 0.29) is 35.7 Å². The predicted molar refractivity (Wildman–Crippen MR) is 87.6 cm³/mol. The molecule has 0 saturated heterocycles. The van der Waals surface area contributed by atoms with Crippen LogP contribution in [0.25, 0.3) is 0 Å². The molecule has 0 aromatic heterocycles. The van der Waals surface area contributed by atoms with Gasteiger partial charge < -0.3 is 9.64 Å². The molecule has 1 saturated carbocycles. The Labute approximate surface area is 140 Å². The lowest BCUT2D eigenvalue weighted by molar-refractivity contribution is -0.384. The normalized spacial score (nSPS) is 15.8. The molecular weight excluding hydrogens is 312 g/mol. The van der Waals surface area contributed by atoms with Crippen LogP contribution in [0.3, 0.4) is 0 Å². The number of esters is 1. The molecule has 24 heavy (non-hydrogen) atoms. The number of carbonyl (C=O) groups excluding carboxylic acids is 2. The number of carbonyl (C=O) groups is 2. The number of rotatable bonds is 6. The predicted octanol–water partition coefficient (Wildman–Crippen LogP) is 2.79. The molecule has 1 fully saturated rings. The molecule has 0 heterocycles. The Hall–Kier alpha value is -2.44. The molecule has 130 valence electrons. The Morgan fingerprint density at radius 1 is 1.38 bits per heavy atom. The smallest absolute Gasteiger partial charge is 0.310 e. The molecule has 0 spiro atoms. The van der Waals surface area contributed by atoms with Gasteiger partial charge in [0, 0.05) is 30.3 Å². The monoisotopic (exact) mass is 334 g/mol. The second-order valence-electron chi connectivity index (χ2n) is 6.13. The lowest BCUT2D eigenvalue weighted by Gasteiger charge is -2.31. The molecule has 7 nitrogen and oxygen atoms in total. The first kappa shape index (κ1) is 17.9. The van der Waals surface area contributed by atoms with Crippen molar-refractivity contribution in [3.63, 3.8) is 0 Å². The minimum atomic E-state index is -0.520. The van der Waals surface area contributed by atoms with E-state index in [4.69, 9.17) is 4.74 Å². The standard InChI is InChI=1S/C17H22N2O5/c1-12(17(21)24-2)11-18(14-7-3-4-8-14)16(20)13-6-5-9-15(10-13)19(22)23/h5-6,9-10,12,14H,3-4,7-8,11H2,1-2H3. The molecule has 0 bridgehead atoms. The highest BCUT2D eigenvalue weighted by molar-refractivity contribution is 5.95. The van der Waals surface area contributed by atoms with Gasteiger partial charge in [0.15, 0.2) is 0 Å². The number of amides is 1. The van der Waals surface area contributed by atoms with Crippen LogP contribution in [-0.4, -0.2) is 41.4 Å². The number of non-ortho nitro benzene ring substituents is 1. The van der Waals surface area contributed by atoms with Crippen molar-refractivity contribution in [1.82, 2.24) is 4.90 Å². The van der Waals surface area contributed by atoms with Gasteiger partial charge >= 0.3 is 5.97 Å². The SMILES string of the molecule is COC(=O)C(C)CN(C(=O)c1cccc([N+](=O)[O-])c1)C1CCCC1. The van der Waals surface area contributed by atoms with Crippen molar-refractivity contribution < 1.29 is 19.2 Å². The number of nitro groups is 1. The summed E-state index contributed by atoms with van der Waals surface area (Å²) >= 11 is 0. The van der Waals surface area contributed by atoms with Crippen molar-refractivity contribution in [3.8, 4) is 0 Å². The number of ether oxygens (including phenoxy) is 1. The number of hydrogen-bond acceptors (Lipinski definition) is 5. The van der Waals surface area contributed by atoms with Gasteiger partial charge in [0.1, 0.15) is 0 Å². The van der Waals surface area contributed by atoms with Gasteiger partial charge in [0.05, 0.1) is 18.0 Å². The third kappa shape index (κ3) is 4.10. The first-order valence-corrected chi connectivity index (χ1v) is 8.07. The highest BCUT2D eigenvalue weighted by Crippen LogP contribution is 2.26. The Morgan fingerprint density at radius 3 is 2.62 bits per heavy atom. The molecular formula is C17H22N2O5. The average Bonchev–Trinajstić information content (AvgIpc) is 3.12. The fourth-order valence-electron chi connectivity index (χ4n) is 3.10. The fraction of sp³-hybridized carbons (Fsp3) is 0.529. The number of nitrogens with zero attached hydrogens (tertiary/aromatic N) is 2. The summed E-state index contributed by atoms with van der Waals surface area (Å²) in [4.78, 5) is 36.7. The summed E-state index contributed by atoms with van der Waals surface area (Å²) in [6.07, 6.45) is 3.84. The van der Waals surface area contributed by atoms with Gasteiger partial charge in [-0.1, -0.05) is 25.8 Å². The lowest BCUT2D eigenvalue weighted by atomic mass is 10.1. The molecule has 1 aromatic rings. The number of benzene rings is 1. The van der Waals surface area contributed by atoms with Crippen LogP contribution in [0, 0.1) is 16.0 Å². The van der Waals surface area contributed by atoms with E-state index in [1.165, 1.54) is 25.3 Å². The summed E-state index contributed by atoms with van der Waals surface area (Å²) in [7, 11) is 1.32. The highest BCUT2D eigenvalue weighted by atomic mass is 16.6. The summed E-state index contributed by atoms with van der Waals surface area (Å²) in [5, 5.41) is 10.9. The van der Waals surface area contributed by atoms with E-state index in [0.29, 0.717) is 0 Å². The average molecular weight is 334 g/mol. The largest absolute Gasteiger partial charge is 0.469 e. The molecule has 1 aliphatic carbocycles. The van der Waals surface area contributed by atoms with E-state index in [0.717, 1.165) is 25.7 Å². The molecule has 1 unspecified atom stereocenters. The zero-order valence-electron chi connectivity index (χ0n) is 13.9. The molecule has 1 atom stereocenters. The van der Waals surface area contributed by atoms with Crippen molar-refractivity contribution in [2.45, 2.75) is 38.6 Å². The Balaban J connectivity index is 2.25. The maximum Gasteiger partial charge on any atom is 0.310 e. The molecule has 0 N–H and O–H groups in total. The number of nitro benzene ring substituents is 1. The molecule has 1 aliphatic rings. The number of hydrogen-bond donors (Lipinski definition) is 0. The second-order valence-corrected chi connectivity index (χ2v) is 6.13. The fourth-order valence-corrected chi connectivity index (χ4v) is 3.10. The van der Waals surface area contributed by atoms with Gasteiger partial charge in [-0.2, -0.15) is 0 Å². The van der Waals surface area contributed by atoms with E-state index in [2.05, 4.69) is 0 Å². The third-order valence-electron chi connectivity index (χ3n) is 4.40. The second kappa shape index (κ2) is 7.90. The van der Waals surface area contributed by atoms with Crippen LogP contribution in [0.2, 0.25) is 0 Å². The van der Waals surface area contributed by atoms with Crippen LogP contribution in [0.4, 0.5) is 5.69 Å². The van der Waals surface area contributed by atoms with Crippen LogP contribution >= 0.6 is 0 Å². The van der Waals surface area contributed by atoms with Gasteiger partial charge in [0.2, 0.25) is 0 Å². The zero-order valence-corrected chi connectivity index (χ0v) is 13.9. The first-order valence-electron chi connectivity index (χ1n) is 8.07. The van der Waals surface area contributed by atoms with Crippen molar-refractivity contribution in [2.24, 2.45) is 5.92 Å². The maximum atomic E-state index is 12.9. The first-order chi connectivity index (χ1) is 11.4. The minimum Gasteiger partial charge on any atom is -0.469 e. The van der Waals surface area contributed by atoms with Crippen molar-refractivity contribution >= 4 is 17.6 Å². The van der Waals surface area contributed by atoms with Gasteiger partial charge in [-0.25, -0.2) is 0 Å². The van der Waals surface area contributed by atoms with E-state index < -0.39 is 10.8 Å². The zero-order chi connectivity index (χ0) is 17.7. The van der Waals surface area contributed by atoms with Crippen LogP contribution in [0.15, 0.2) is 24.3 Å². The Bertz CT molecular complexity index is 625. The summed E-state index contributed by atoms with van der Waals surface area (Å²) in [6.45, 7) is 1.97. The molecule has 2 rings (SSSR count). The summed E-state index contributed by atoms with van der Waals surface area (Å²) in [6, 6.07) is 5.77. The van der Waals surface area contributed by atoms with E-state index in [1.54, 1.807) is 17.9 Å². The number of methoxy groups -OCH3 is 1. The van der Waals surface area contributed by atoms with Gasteiger partial charge in [0.25, 0.3) is 11.6 Å². The van der Waals surface area contributed by atoms with Gasteiger partial charge in [-0.3, -0.25) is 19.7 Å². The topological polar surface area (TPSA) is 89.8 Å². The van der Waals surface area contributed by atoms with Crippen LogP contribution in [0.5, 0.6) is 0 Å². The van der Waals surface area contributed by atoms with Crippen LogP contribution in [-0.2, 0) is 9.53 Å². The van der Waals surface area contributed by atoms with E-state index >= 15 is 0 Å². The summed E-state index contributed by atoms with van der Waals surface area (Å²) in [5.41, 5.74) is 0.154. The van der Waals surface area contributed by atoms with Crippen molar-refractivity contribution in [2.75, 3.05) is 13.7 Å². The minimum absolute atomic E-state index is 0.0591. The molecule has 1 aromatic carbocycles.